The van der Waals surface area contributed by atoms with Gasteiger partial charge in [-0.3, -0.25) is 4.79 Å². The van der Waals surface area contributed by atoms with E-state index in [4.69, 9.17) is 5.73 Å². The van der Waals surface area contributed by atoms with E-state index < -0.39 is 5.54 Å². The Morgan fingerprint density at radius 1 is 1.12 bits per heavy atom. The van der Waals surface area contributed by atoms with Gasteiger partial charge in [0.15, 0.2) is 0 Å². The van der Waals surface area contributed by atoms with E-state index in [1.807, 2.05) is 4.90 Å². The zero-order valence-corrected chi connectivity index (χ0v) is 12.0. The molecule has 0 saturated carbocycles. The lowest BCUT2D eigenvalue weighted by molar-refractivity contribution is -0.135. The summed E-state index contributed by atoms with van der Waals surface area (Å²) in [5.74, 6) is 0.799. The van der Waals surface area contributed by atoms with Gasteiger partial charge in [-0.1, -0.05) is 20.8 Å². The number of nitrogens with two attached hydrogens (primary N) is 1. The normalized spacial score (nSPS) is 23.4. The van der Waals surface area contributed by atoms with Crippen molar-refractivity contribution >= 4 is 5.91 Å². The lowest BCUT2D eigenvalue weighted by Crippen LogP contribution is -2.51. The number of carbonyl (C=O) groups is 1. The zero-order valence-electron chi connectivity index (χ0n) is 12.0. The van der Waals surface area contributed by atoms with Crippen molar-refractivity contribution < 1.29 is 4.79 Å². The molecule has 0 spiro atoms. The van der Waals surface area contributed by atoms with Crippen LogP contribution in [0.15, 0.2) is 0 Å². The number of hydrogen-bond acceptors (Lipinski definition) is 2. The summed E-state index contributed by atoms with van der Waals surface area (Å²) < 4.78 is 0. The summed E-state index contributed by atoms with van der Waals surface area (Å²) in [5.41, 5.74) is 5.50. The fourth-order valence-corrected chi connectivity index (χ4v) is 2.57. The molecule has 0 aromatic heterocycles. The van der Waals surface area contributed by atoms with Crippen LogP contribution in [-0.2, 0) is 4.79 Å². The molecule has 3 heteroatoms. The number of likely N-dealkylation sites (tertiary alicyclic amines) is 1. The number of carbonyl (C=O) groups excluding carboxylic acids is 1. The smallest absolute Gasteiger partial charge is 0.242 e. The summed E-state index contributed by atoms with van der Waals surface area (Å²) in [6, 6.07) is 0. The van der Waals surface area contributed by atoms with Gasteiger partial charge >= 0.3 is 0 Å². The van der Waals surface area contributed by atoms with Crippen molar-refractivity contribution in [3.05, 3.63) is 0 Å². The summed E-state index contributed by atoms with van der Waals surface area (Å²) >= 11 is 0. The highest BCUT2D eigenvalue weighted by Gasteiger charge is 2.32. The first-order valence-corrected chi connectivity index (χ1v) is 6.70. The van der Waals surface area contributed by atoms with Gasteiger partial charge in [0.1, 0.15) is 0 Å². The first kappa shape index (κ1) is 14.5. The second-order valence-electron chi connectivity index (χ2n) is 7.01. The van der Waals surface area contributed by atoms with E-state index >= 15 is 0 Å². The lowest BCUT2D eigenvalue weighted by atomic mass is 9.77. The molecule has 1 atom stereocenters. The molecule has 100 valence electrons. The van der Waals surface area contributed by atoms with Gasteiger partial charge in [0.05, 0.1) is 5.54 Å². The van der Waals surface area contributed by atoms with Crippen molar-refractivity contribution in [2.45, 2.75) is 59.4 Å². The molecule has 0 radical (unpaired) electrons. The molecule has 17 heavy (non-hydrogen) atoms. The van der Waals surface area contributed by atoms with Gasteiger partial charge < -0.3 is 10.6 Å². The lowest BCUT2D eigenvalue weighted by Gasteiger charge is -2.31. The molecule has 1 fully saturated rings. The molecule has 1 rings (SSSR count). The summed E-state index contributed by atoms with van der Waals surface area (Å²) in [4.78, 5) is 14.1. The van der Waals surface area contributed by atoms with Gasteiger partial charge in [0.2, 0.25) is 5.91 Å². The third-order valence-corrected chi connectivity index (χ3v) is 3.79. The average Bonchev–Trinajstić information content (AvgIpc) is 2.38. The Bertz CT molecular complexity index is 273. The number of rotatable bonds is 1. The Morgan fingerprint density at radius 3 is 2.18 bits per heavy atom. The van der Waals surface area contributed by atoms with Gasteiger partial charge in [-0.25, -0.2) is 0 Å². The monoisotopic (exact) mass is 240 g/mol. The first-order valence-electron chi connectivity index (χ1n) is 6.70. The average molecular weight is 240 g/mol. The predicted molar refractivity (Wildman–Crippen MR) is 71.6 cm³/mol. The highest BCUT2D eigenvalue weighted by molar-refractivity contribution is 5.85. The van der Waals surface area contributed by atoms with Crippen LogP contribution < -0.4 is 5.73 Å². The Balaban J connectivity index is 2.63. The molecule has 1 unspecified atom stereocenters. The molecular weight excluding hydrogens is 212 g/mol. The molecule has 2 N–H and O–H groups in total. The Hall–Kier alpha value is -0.570. The standard InChI is InChI=1S/C14H28N2O/c1-13(2,3)11-7-6-9-16(10-8-11)12(17)14(4,5)15/h11H,6-10,15H2,1-5H3. The molecular formula is C14H28N2O. The van der Waals surface area contributed by atoms with Crippen molar-refractivity contribution in [2.24, 2.45) is 17.1 Å². The van der Waals surface area contributed by atoms with E-state index in [0.717, 1.165) is 25.9 Å². The van der Waals surface area contributed by atoms with Crippen LogP contribution >= 0.6 is 0 Å². The van der Waals surface area contributed by atoms with Crippen molar-refractivity contribution in [1.82, 2.24) is 4.90 Å². The van der Waals surface area contributed by atoms with Crippen LogP contribution in [0.5, 0.6) is 0 Å². The molecule has 1 aliphatic heterocycles. The fraction of sp³-hybridized carbons (Fsp3) is 0.929. The molecule has 0 bridgehead atoms. The predicted octanol–water partition coefficient (Wildman–Crippen LogP) is 2.40. The van der Waals surface area contributed by atoms with Gasteiger partial charge in [-0.2, -0.15) is 0 Å². The number of hydrogen-bond donors (Lipinski definition) is 1. The summed E-state index contributed by atoms with van der Waals surface area (Å²) in [5, 5.41) is 0. The maximum atomic E-state index is 12.1. The molecule has 0 aromatic carbocycles. The molecule has 1 aliphatic rings. The van der Waals surface area contributed by atoms with Crippen LogP contribution in [0.1, 0.15) is 53.9 Å². The first-order chi connectivity index (χ1) is 7.62. The SMILES string of the molecule is CC(C)(N)C(=O)N1CCCC(C(C)(C)C)CC1. The van der Waals surface area contributed by atoms with Gasteiger partial charge in [0.25, 0.3) is 0 Å². The topological polar surface area (TPSA) is 46.3 Å². The van der Waals surface area contributed by atoms with E-state index in [-0.39, 0.29) is 5.91 Å². The summed E-state index contributed by atoms with van der Waals surface area (Å²) in [6.07, 6.45) is 3.42. The molecule has 1 heterocycles. The van der Waals surface area contributed by atoms with E-state index in [2.05, 4.69) is 20.8 Å². The van der Waals surface area contributed by atoms with Crippen LogP contribution in [0.2, 0.25) is 0 Å². The summed E-state index contributed by atoms with van der Waals surface area (Å²) in [6.45, 7) is 12.2. The molecule has 3 nitrogen and oxygen atoms in total. The van der Waals surface area contributed by atoms with Crippen LogP contribution in [0, 0.1) is 11.3 Å². The summed E-state index contributed by atoms with van der Waals surface area (Å²) in [7, 11) is 0. The van der Waals surface area contributed by atoms with Crippen molar-refractivity contribution in [1.29, 1.82) is 0 Å². The highest BCUT2D eigenvalue weighted by Crippen LogP contribution is 2.34. The van der Waals surface area contributed by atoms with Gasteiger partial charge in [0, 0.05) is 13.1 Å². The molecule has 1 saturated heterocycles. The third-order valence-electron chi connectivity index (χ3n) is 3.79. The number of amides is 1. The molecule has 0 aromatic rings. The highest BCUT2D eigenvalue weighted by atomic mass is 16.2. The zero-order chi connectivity index (χ0) is 13.3. The fourth-order valence-electron chi connectivity index (χ4n) is 2.57. The second kappa shape index (κ2) is 4.97. The van der Waals surface area contributed by atoms with Crippen molar-refractivity contribution in [2.75, 3.05) is 13.1 Å². The van der Waals surface area contributed by atoms with E-state index in [0.29, 0.717) is 11.3 Å². The maximum Gasteiger partial charge on any atom is 0.242 e. The van der Waals surface area contributed by atoms with Crippen LogP contribution in [0.3, 0.4) is 0 Å². The Kier molecular flexibility index (Phi) is 4.23. The van der Waals surface area contributed by atoms with Crippen LogP contribution in [0.4, 0.5) is 0 Å². The quantitative estimate of drug-likeness (QED) is 0.765. The minimum absolute atomic E-state index is 0.0899. The molecule has 0 aliphatic carbocycles. The van der Waals surface area contributed by atoms with Crippen LogP contribution in [0.25, 0.3) is 0 Å². The van der Waals surface area contributed by atoms with Gasteiger partial charge in [-0.05, 0) is 44.4 Å². The molecule has 1 amide bonds. The van der Waals surface area contributed by atoms with Crippen molar-refractivity contribution in [3.8, 4) is 0 Å². The van der Waals surface area contributed by atoms with Crippen molar-refractivity contribution in [3.63, 3.8) is 0 Å². The Labute approximate surface area is 106 Å². The third kappa shape index (κ3) is 3.98. The van der Waals surface area contributed by atoms with E-state index in [9.17, 15) is 4.79 Å². The Morgan fingerprint density at radius 2 is 1.71 bits per heavy atom. The second-order valence-corrected chi connectivity index (χ2v) is 7.01. The van der Waals surface area contributed by atoms with E-state index in [1.54, 1.807) is 13.8 Å². The number of nitrogens with zero attached hydrogens (tertiary/aromatic N) is 1. The van der Waals surface area contributed by atoms with Gasteiger partial charge in [-0.15, -0.1) is 0 Å². The minimum atomic E-state index is -0.735. The van der Waals surface area contributed by atoms with E-state index in [1.165, 1.54) is 6.42 Å². The van der Waals surface area contributed by atoms with Crippen LogP contribution in [-0.4, -0.2) is 29.4 Å². The maximum absolute atomic E-state index is 12.1. The largest absolute Gasteiger partial charge is 0.341 e. The minimum Gasteiger partial charge on any atom is -0.341 e.